The maximum atomic E-state index is 13.2. The standard InChI is InChI=1S/C24H28N2O2S.CH4/c1-16(13-22(27)26-11-10-24(28)9-3-5-17(26)14-24)19-15-25-20-7-2-6-18(23(19)20)21-8-4-12-29-21;/h2,4,6-8,12,15-17,25,28H,3,5,9-11,13-14H2,1H3;1H4. The Morgan fingerprint density at radius 1 is 1.33 bits per heavy atom. The molecule has 3 unspecified atom stereocenters. The number of thiophene rings is 1. The zero-order chi connectivity index (χ0) is 20.0. The first-order chi connectivity index (χ1) is 14.0. The third kappa shape index (κ3) is 3.69. The maximum Gasteiger partial charge on any atom is 0.223 e. The molecule has 2 bridgehead atoms. The molecule has 2 aromatic heterocycles. The molecule has 5 heteroatoms. The van der Waals surface area contributed by atoms with Gasteiger partial charge in [-0.25, -0.2) is 0 Å². The minimum absolute atomic E-state index is 0. The van der Waals surface area contributed by atoms with Crippen molar-refractivity contribution in [2.24, 2.45) is 0 Å². The molecule has 30 heavy (non-hydrogen) atoms. The van der Waals surface area contributed by atoms with E-state index in [4.69, 9.17) is 0 Å². The minimum atomic E-state index is -0.530. The van der Waals surface area contributed by atoms with E-state index in [1.807, 2.05) is 0 Å². The van der Waals surface area contributed by atoms with Gasteiger partial charge in [0.1, 0.15) is 0 Å². The predicted molar refractivity (Wildman–Crippen MR) is 125 cm³/mol. The smallest absolute Gasteiger partial charge is 0.223 e. The number of nitrogens with one attached hydrogen (secondary N) is 1. The summed E-state index contributed by atoms with van der Waals surface area (Å²) in [6, 6.07) is 10.8. The molecular formula is C25H32N2O2S. The highest BCUT2D eigenvalue weighted by Crippen LogP contribution is 2.40. The van der Waals surface area contributed by atoms with Crippen LogP contribution in [0.1, 0.15) is 64.4 Å². The Labute approximate surface area is 182 Å². The topological polar surface area (TPSA) is 56.3 Å². The molecule has 0 radical (unpaired) electrons. The highest BCUT2D eigenvalue weighted by molar-refractivity contribution is 7.13. The largest absolute Gasteiger partial charge is 0.390 e. The van der Waals surface area contributed by atoms with Gasteiger partial charge in [-0.1, -0.05) is 32.5 Å². The summed E-state index contributed by atoms with van der Waals surface area (Å²) in [5.41, 5.74) is 3.05. The Morgan fingerprint density at radius 3 is 3.00 bits per heavy atom. The molecule has 1 aliphatic carbocycles. The quantitative estimate of drug-likeness (QED) is 0.545. The van der Waals surface area contributed by atoms with Gasteiger partial charge in [0.15, 0.2) is 0 Å². The van der Waals surface area contributed by atoms with E-state index in [1.165, 1.54) is 21.4 Å². The van der Waals surface area contributed by atoms with Crippen molar-refractivity contribution in [3.63, 3.8) is 0 Å². The minimum Gasteiger partial charge on any atom is -0.390 e. The van der Waals surface area contributed by atoms with Gasteiger partial charge in [0.2, 0.25) is 5.91 Å². The Kier molecular flexibility index (Phi) is 5.78. The van der Waals surface area contributed by atoms with Gasteiger partial charge >= 0.3 is 0 Å². The monoisotopic (exact) mass is 424 g/mol. The van der Waals surface area contributed by atoms with Gasteiger partial charge in [0.25, 0.3) is 0 Å². The van der Waals surface area contributed by atoms with Crippen molar-refractivity contribution in [2.75, 3.05) is 6.54 Å². The van der Waals surface area contributed by atoms with E-state index in [0.29, 0.717) is 13.0 Å². The second-order valence-corrected chi connectivity index (χ2v) is 9.81. The van der Waals surface area contributed by atoms with Crippen LogP contribution in [0, 0.1) is 0 Å². The molecule has 0 spiro atoms. The second-order valence-electron chi connectivity index (χ2n) is 8.87. The van der Waals surface area contributed by atoms with Crippen LogP contribution in [-0.2, 0) is 4.79 Å². The number of aliphatic hydroxyl groups is 1. The van der Waals surface area contributed by atoms with Crippen molar-refractivity contribution in [2.45, 2.75) is 70.4 Å². The van der Waals surface area contributed by atoms with Crippen LogP contribution in [0.3, 0.4) is 0 Å². The average molecular weight is 425 g/mol. The number of likely N-dealkylation sites (tertiary alicyclic amines) is 1. The first-order valence-electron chi connectivity index (χ1n) is 10.7. The van der Waals surface area contributed by atoms with E-state index in [1.54, 1.807) is 11.3 Å². The number of aromatic amines is 1. The van der Waals surface area contributed by atoms with E-state index in [2.05, 4.69) is 58.7 Å². The number of carbonyl (C=O) groups excluding carboxylic acids is 1. The molecule has 160 valence electrons. The normalized spacial score (nSPS) is 24.5. The fourth-order valence-corrected chi connectivity index (χ4v) is 6.13. The second kappa shape index (κ2) is 8.20. The van der Waals surface area contributed by atoms with Crippen LogP contribution in [0.25, 0.3) is 21.3 Å². The summed E-state index contributed by atoms with van der Waals surface area (Å²) in [5.74, 6) is 0.371. The molecular weight excluding hydrogens is 392 g/mol. The first-order valence-corrected chi connectivity index (χ1v) is 11.6. The molecule has 2 N–H and O–H groups in total. The number of carbonyl (C=O) groups is 1. The van der Waals surface area contributed by atoms with Crippen LogP contribution >= 0.6 is 11.3 Å². The SMILES string of the molecule is C.CC(CC(=O)N1CCC2(O)CCCC1C2)c1c[nH]c2cccc(-c3cccs3)c12. The van der Waals surface area contributed by atoms with E-state index in [0.717, 1.165) is 37.6 Å². The van der Waals surface area contributed by atoms with E-state index < -0.39 is 5.60 Å². The number of hydrogen-bond acceptors (Lipinski definition) is 3. The summed E-state index contributed by atoms with van der Waals surface area (Å²) in [7, 11) is 0. The number of fused-ring (bicyclic) bond motifs is 3. The molecule has 4 nitrogen and oxygen atoms in total. The van der Waals surface area contributed by atoms with E-state index in [-0.39, 0.29) is 25.3 Å². The van der Waals surface area contributed by atoms with Crippen molar-refractivity contribution in [3.05, 3.63) is 47.5 Å². The lowest BCUT2D eigenvalue weighted by Crippen LogP contribution is -2.55. The summed E-state index contributed by atoms with van der Waals surface area (Å²) in [4.78, 5) is 19.9. The van der Waals surface area contributed by atoms with Crippen LogP contribution < -0.4 is 0 Å². The van der Waals surface area contributed by atoms with Crippen LogP contribution in [0.2, 0.25) is 0 Å². The summed E-state index contributed by atoms with van der Waals surface area (Å²) < 4.78 is 0. The number of aromatic nitrogens is 1. The molecule has 3 aromatic rings. The van der Waals surface area contributed by atoms with Crippen LogP contribution in [0.15, 0.2) is 41.9 Å². The van der Waals surface area contributed by atoms with Crippen LogP contribution in [0.4, 0.5) is 0 Å². The number of hydrogen-bond donors (Lipinski definition) is 2. The summed E-state index contributed by atoms with van der Waals surface area (Å²) in [6.45, 7) is 2.86. The highest BCUT2D eigenvalue weighted by Gasteiger charge is 2.42. The number of amides is 1. The van der Waals surface area contributed by atoms with Gasteiger partial charge in [-0.3, -0.25) is 4.79 Å². The molecule has 3 heterocycles. The van der Waals surface area contributed by atoms with Gasteiger partial charge in [-0.05, 0) is 61.1 Å². The average Bonchev–Trinajstić information content (AvgIpc) is 3.37. The maximum absolute atomic E-state index is 13.2. The van der Waals surface area contributed by atoms with Crippen molar-refractivity contribution < 1.29 is 9.90 Å². The lowest BCUT2D eigenvalue weighted by Gasteiger charge is -2.48. The Hall–Kier alpha value is -2.11. The molecule has 1 aromatic carbocycles. The molecule has 5 rings (SSSR count). The lowest BCUT2D eigenvalue weighted by atomic mass is 9.76. The van der Waals surface area contributed by atoms with Crippen molar-refractivity contribution in [1.82, 2.24) is 9.88 Å². The van der Waals surface area contributed by atoms with E-state index >= 15 is 0 Å². The summed E-state index contributed by atoms with van der Waals surface area (Å²) in [6.07, 6.45) is 7.01. The number of piperidine rings is 1. The van der Waals surface area contributed by atoms with Gasteiger partial charge in [-0.15, -0.1) is 11.3 Å². The van der Waals surface area contributed by atoms with Gasteiger partial charge in [0, 0.05) is 46.5 Å². The number of nitrogens with zero attached hydrogens (tertiary/aromatic N) is 1. The molecule has 2 fully saturated rings. The number of benzene rings is 1. The summed E-state index contributed by atoms with van der Waals surface area (Å²) in [5, 5.41) is 14.0. The molecule has 1 amide bonds. The molecule has 3 atom stereocenters. The van der Waals surface area contributed by atoms with Gasteiger partial charge < -0.3 is 15.0 Å². The van der Waals surface area contributed by atoms with Gasteiger partial charge in [0.05, 0.1) is 5.60 Å². The Balaban J connectivity index is 0.00000218. The highest BCUT2D eigenvalue weighted by atomic mass is 32.1. The lowest BCUT2D eigenvalue weighted by molar-refractivity contribution is -0.144. The molecule has 1 saturated carbocycles. The van der Waals surface area contributed by atoms with Crippen LogP contribution in [0.5, 0.6) is 0 Å². The van der Waals surface area contributed by atoms with Crippen molar-refractivity contribution in [3.8, 4) is 10.4 Å². The van der Waals surface area contributed by atoms with E-state index in [9.17, 15) is 9.90 Å². The fourth-order valence-electron chi connectivity index (χ4n) is 5.37. The summed E-state index contributed by atoms with van der Waals surface area (Å²) >= 11 is 1.75. The Bertz CT molecular complexity index is 1030. The zero-order valence-corrected chi connectivity index (χ0v) is 17.7. The number of H-pyrrole nitrogens is 1. The van der Waals surface area contributed by atoms with Crippen molar-refractivity contribution in [1.29, 1.82) is 0 Å². The predicted octanol–water partition coefficient (Wildman–Crippen LogP) is 5.93. The van der Waals surface area contributed by atoms with Gasteiger partial charge in [-0.2, -0.15) is 0 Å². The zero-order valence-electron chi connectivity index (χ0n) is 16.9. The molecule has 1 saturated heterocycles. The first kappa shape index (κ1) is 21.1. The third-order valence-corrected chi connectivity index (χ3v) is 7.81. The molecule has 2 aliphatic rings. The van der Waals surface area contributed by atoms with Crippen LogP contribution in [-0.4, -0.2) is 39.1 Å². The molecule has 1 aliphatic heterocycles. The third-order valence-electron chi connectivity index (χ3n) is 6.91. The van der Waals surface area contributed by atoms with Crippen molar-refractivity contribution >= 4 is 28.1 Å². The number of rotatable bonds is 4. The Morgan fingerprint density at radius 2 is 2.20 bits per heavy atom. The fraction of sp³-hybridized carbons (Fsp3) is 0.480.